The van der Waals surface area contributed by atoms with Crippen LogP contribution in [0.1, 0.15) is 15.9 Å². The Morgan fingerprint density at radius 1 is 0.833 bits per heavy atom. The number of aldehydes is 1. The smallest absolute Gasteiger partial charge is 0.263 e. The molecule has 0 saturated heterocycles. The van der Waals surface area contributed by atoms with E-state index in [1.165, 1.54) is 18.4 Å². The van der Waals surface area contributed by atoms with Crippen molar-refractivity contribution < 1.29 is 23.7 Å². The lowest BCUT2D eigenvalue weighted by Crippen LogP contribution is -2.23. The van der Waals surface area contributed by atoms with Crippen LogP contribution in [0, 0.1) is 0 Å². The number of para-hydroxylation sites is 1. The van der Waals surface area contributed by atoms with Gasteiger partial charge in [-0.1, -0.05) is 54.6 Å². The van der Waals surface area contributed by atoms with E-state index in [2.05, 4.69) is 0 Å². The van der Waals surface area contributed by atoms with Gasteiger partial charge in [0.05, 0.1) is 43.5 Å². The summed E-state index contributed by atoms with van der Waals surface area (Å²) in [7, 11) is 4.62. The Morgan fingerprint density at radius 2 is 1.50 bits per heavy atom. The first-order valence-corrected chi connectivity index (χ1v) is 13.9. The molecular formula is C33H26N2O6S. The molecule has 0 spiro atoms. The van der Waals surface area contributed by atoms with Crippen molar-refractivity contribution in [2.45, 2.75) is 6.54 Å². The number of methoxy groups -OCH3 is 3. The number of thiophene rings is 1. The molecule has 8 nitrogen and oxygen atoms in total. The highest BCUT2D eigenvalue weighted by molar-refractivity contribution is 7.25. The molecule has 210 valence electrons. The van der Waals surface area contributed by atoms with Crippen molar-refractivity contribution in [2.24, 2.45) is 0 Å². The highest BCUT2D eigenvalue weighted by Crippen LogP contribution is 2.43. The molecule has 2 aromatic heterocycles. The van der Waals surface area contributed by atoms with Crippen molar-refractivity contribution in [2.75, 3.05) is 21.3 Å². The molecule has 6 aromatic rings. The summed E-state index contributed by atoms with van der Waals surface area (Å²) in [5.74, 6) is 2.73. The van der Waals surface area contributed by atoms with Crippen LogP contribution in [0.15, 0.2) is 89.7 Å². The Bertz CT molecular complexity index is 1960. The first-order valence-electron chi connectivity index (χ1n) is 13.1. The van der Waals surface area contributed by atoms with Gasteiger partial charge in [-0.15, -0.1) is 11.3 Å². The highest BCUT2D eigenvalue weighted by atomic mass is 32.1. The molecule has 0 fully saturated rings. The fourth-order valence-corrected chi connectivity index (χ4v) is 6.12. The van der Waals surface area contributed by atoms with Gasteiger partial charge in [-0.2, -0.15) is 0 Å². The van der Waals surface area contributed by atoms with Gasteiger partial charge in [0.1, 0.15) is 16.4 Å². The Kier molecular flexibility index (Phi) is 7.33. The molecule has 6 rings (SSSR count). The van der Waals surface area contributed by atoms with Crippen molar-refractivity contribution in [3.63, 3.8) is 0 Å². The van der Waals surface area contributed by atoms with Gasteiger partial charge in [-0.05, 0) is 35.9 Å². The third-order valence-electron chi connectivity index (χ3n) is 6.94. The molecule has 0 bridgehead atoms. The molecule has 0 N–H and O–H groups in total. The summed E-state index contributed by atoms with van der Waals surface area (Å²) >= 11 is 1.31. The standard InChI is InChI=1S/C33H26N2O6S/c1-38-25-16-22(17-26(39-2)29(25)40-3)31-34-32-27(33(37)35(31)18-20-10-6-4-7-11-20)24-15-14-21(19-36)28(30(24)42-32)41-23-12-8-5-9-13-23/h4-17,19H,18H2,1-3H3. The maximum Gasteiger partial charge on any atom is 0.263 e. The zero-order valence-electron chi connectivity index (χ0n) is 23.1. The summed E-state index contributed by atoms with van der Waals surface area (Å²) in [5, 5.41) is 1.12. The number of benzene rings is 4. The molecule has 0 radical (unpaired) electrons. The molecule has 9 heteroatoms. The second kappa shape index (κ2) is 11.4. The molecule has 0 saturated carbocycles. The van der Waals surface area contributed by atoms with Crippen LogP contribution in [-0.4, -0.2) is 37.2 Å². The summed E-state index contributed by atoms with van der Waals surface area (Å²) in [6, 6.07) is 25.9. The van der Waals surface area contributed by atoms with E-state index in [4.69, 9.17) is 23.9 Å². The second-order valence-electron chi connectivity index (χ2n) is 9.40. The van der Waals surface area contributed by atoms with E-state index in [0.29, 0.717) is 66.0 Å². The van der Waals surface area contributed by atoms with Gasteiger partial charge in [0.15, 0.2) is 23.5 Å². The number of hydrogen-bond donors (Lipinski definition) is 0. The lowest BCUT2D eigenvalue weighted by molar-refractivity contribution is 0.112. The minimum Gasteiger partial charge on any atom is -0.493 e. The first kappa shape index (κ1) is 27.0. The Labute approximate surface area is 245 Å². The van der Waals surface area contributed by atoms with Crippen LogP contribution < -0.4 is 24.5 Å². The fraction of sp³-hybridized carbons (Fsp3) is 0.121. The Balaban J connectivity index is 1.65. The topological polar surface area (TPSA) is 88.9 Å². The van der Waals surface area contributed by atoms with Crippen molar-refractivity contribution in [3.05, 3.63) is 106 Å². The van der Waals surface area contributed by atoms with Gasteiger partial charge in [-0.3, -0.25) is 14.2 Å². The molecule has 0 aliphatic rings. The van der Waals surface area contributed by atoms with Crippen molar-refractivity contribution >= 4 is 37.9 Å². The molecule has 42 heavy (non-hydrogen) atoms. The predicted octanol–water partition coefficient (Wildman–Crippen LogP) is 6.96. The van der Waals surface area contributed by atoms with Gasteiger partial charge in [0.25, 0.3) is 5.56 Å². The normalized spacial score (nSPS) is 11.0. The van der Waals surface area contributed by atoms with Crippen LogP contribution in [0.4, 0.5) is 0 Å². The number of ether oxygens (including phenoxy) is 4. The van der Waals surface area contributed by atoms with Crippen LogP contribution in [0.25, 0.3) is 31.7 Å². The van der Waals surface area contributed by atoms with E-state index in [0.717, 1.165) is 11.8 Å². The van der Waals surface area contributed by atoms with Gasteiger partial charge < -0.3 is 18.9 Å². The molecule has 0 amide bonds. The molecule has 0 aliphatic heterocycles. The fourth-order valence-electron chi connectivity index (χ4n) is 4.96. The lowest BCUT2D eigenvalue weighted by Gasteiger charge is -2.17. The summed E-state index contributed by atoms with van der Waals surface area (Å²) in [4.78, 5) is 32.0. The number of fused-ring (bicyclic) bond motifs is 3. The number of hydrogen-bond acceptors (Lipinski definition) is 8. The van der Waals surface area contributed by atoms with Crippen LogP contribution >= 0.6 is 11.3 Å². The second-order valence-corrected chi connectivity index (χ2v) is 10.4. The number of carbonyl (C=O) groups excluding carboxylic acids is 1. The highest BCUT2D eigenvalue weighted by Gasteiger charge is 2.23. The third-order valence-corrected chi connectivity index (χ3v) is 8.04. The number of carbonyl (C=O) groups is 1. The van der Waals surface area contributed by atoms with E-state index >= 15 is 0 Å². The molecule has 4 aromatic carbocycles. The van der Waals surface area contributed by atoms with Crippen molar-refractivity contribution in [3.8, 4) is 40.1 Å². The Morgan fingerprint density at radius 3 is 2.12 bits per heavy atom. The maximum absolute atomic E-state index is 14.4. The van der Waals surface area contributed by atoms with Crippen molar-refractivity contribution in [1.82, 2.24) is 9.55 Å². The lowest BCUT2D eigenvalue weighted by atomic mass is 10.1. The quantitative estimate of drug-likeness (QED) is 0.171. The van der Waals surface area contributed by atoms with Gasteiger partial charge in [-0.25, -0.2) is 4.98 Å². The summed E-state index contributed by atoms with van der Waals surface area (Å²) in [5.41, 5.74) is 1.72. The first-order chi connectivity index (χ1) is 20.6. The SMILES string of the molecule is COc1cc(-c2nc3sc4c(Oc5ccccc5)c(C=O)ccc4c3c(=O)n2Cc2ccccc2)cc(OC)c1OC. The zero-order valence-corrected chi connectivity index (χ0v) is 23.9. The summed E-state index contributed by atoms with van der Waals surface area (Å²) in [6.07, 6.45) is 0.755. The average Bonchev–Trinajstić information content (AvgIpc) is 3.42. The minimum absolute atomic E-state index is 0.219. The largest absolute Gasteiger partial charge is 0.493 e. The molecule has 0 aliphatic carbocycles. The minimum atomic E-state index is -0.219. The monoisotopic (exact) mass is 578 g/mol. The van der Waals surface area contributed by atoms with Crippen LogP contribution in [0.3, 0.4) is 0 Å². The van der Waals surface area contributed by atoms with E-state index in [9.17, 15) is 9.59 Å². The van der Waals surface area contributed by atoms with Crippen LogP contribution in [0.5, 0.6) is 28.7 Å². The van der Waals surface area contributed by atoms with E-state index < -0.39 is 0 Å². The van der Waals surface area contributed by atoms with Crippen LogP contribution in [0.2, 0.25) is 0 Å². The van der Waals surface area contributed by atoms with E-state index in [1.54, 1.807) is 43.1 Å². The molecule has 2 heterocycles. The third kappa shape index (κ3) is 4.73. The van der Waals surface area contributed by atoms with E-state index in [1.807, 2.05) is 60.7 Å². The predicted molar refractivity (Wildman–Crippen MR) is 164 cm³/mol. The van der Waals surface area contributed by atoms with E-state index in [-0.39, 0.29) is 12.1 Å². The van der Waals surface area contributed by atoms with Gasteiger partial charge in [0, 0.05) is 10.9 Å². The average molecular weight is 579 g/mol. The summed E-state index contributed by atoms with van der Waals surface area (Å²) < 4.78 is 25.2. The number of aromatic nitrogens is 2. The molecular weight excluding hydrogens is 552 g/mol. The van der Waals surface area contributed by atoms with Crippen molar-refractivity contribution in [1.29, 1.82) is 0 Å². The molecule has 0 unspecified atom stereocenters. The summed E-state index contributed by atoms with van der Waals surface area (Å²) in [6.45, 7) is 0.283. The zero-order chi connectivity index (χ0) is 29.2. The van der Waals surface area contributed by atoms with Crippen LogP contribution in [-0.2, 0) is 6.54 Å². The van der Waals surface area contributed by atoms with Gasteiger partial charge >= 0.3 is 0 Å². The number of nitrogens with zero attached hydrogens (tertiary/aromatic N) is 2. The molecule has 0 atom stereocenters. The number of rotatable bonds is 9. The van der Waals surface area contributed by atoms with Gasteiger partial charge in [0.2, 0.25) is 5.75 Å². The Hall–Kier alpha value is -5.15. The maximum atomic E-state index is 14.4.